The molecule has 17 unspecified atom stereocenters. The number of hydrogen-bond donors (Lipinski definition) is 12. The quantitative estimate of drug-likeness (QED) is 0.0314. The third kappa shape index (κ3) is 21.6. The van der Waals surface area contributed by atoms with Gasteiger partial charge in [-0.3, -0.25) is 4.79 Å². The van der Waals surface area contributed by atoms with Crippen molar-refractivity contribution < 1.29 is 89.4 Å². The molecule has 17 atom stereocenters. The summed E-state index contributed by atoms with van der Waals surface area (Å²) < 4.78 is 34.0. The highest BCUT2D eigenvalue weighted by Gasteiger charge is 2.53. The Bertz CT molecular complexity index is 1390. The second-order valence-corrected chi connectivity index (χ2v) is 19.3. The van der Waals surface area contributed by atoms with Crippen LogP contribution in [-0.2, 0) is 33.2 Å². The molecule has 0 radical (unpaired) electrons. The minimum Gasteiger partial charge on any atom is -0.394 e. The molecule has 3 heterocycles. The van der Waals surface area contributed by atoms with E-state index in [4.69, 9.17) is 28.4 Å². The summed E-state index contributed by atoms with van der Waals surface area (Å²) in [7, 11) is 0. The normalized spacial score (nSPS) is 32.7. The summed E-state index contributed by atoms with van der Waals surface area (Å²) in [6.45, 7) is 1.56. The maximum Gasteiger partial charge on any atom is 0.220 e. The molecule has 3 rings (SSSR count). The summed E-state index contributed by atoms with van der Waals surface area (Å²) in [6.07, 6.45) is 6.55. The standard InChI is InChI=1S/C51H93NO18/c1-3-5-7-9-11-12-13-14-15-16-17-18-19-20-21-23-25-27-29-39(57)52-34(35(56)28-26-24-22-10-8-6-4-2)33-65-49-45(63)42(60)47(37(31-54)67-49)70-51-46(64)43(61)48(38(32-55)68-51)69-50-44(62)41(59)40(58)36(30-53)66-50/h8,10,26,28,34-38,40-51,53-56,58-64H,3-7,9,11-25,27,29-33H2,1-2H3,(H,52,57)/b10-8+,28-26+. The molecule has 0 aliphatic carbocycles. The minimum atomic E-state index is -1.98. The van der Waals surface area contributed by atoms with E-state index in [0.717, 1.165) is 38.5 Å². The Balaban J connectivity index is 1.49. The summed E-state index contributed by atoms with van der Waals surface area (Å²) >= 11 is 0. The maximum absolute atomic E-state index is 13.2. The Morgan fingerprint density at radius 3 is 1.40 bits per heavy atom. The van der Waals surface area contributed by atoms with E-state index in [1.807, 2.05) is 0 Å². The highest BCUT2D eigenvalue weighted by atomic mass is 16.8. The van der Waals surface area contributed by atoms with E-state index in [9.17, 15) is 61.0 Å². The van der Waals surface area contributed by atoms with Gasteiger partial charge in [-0.1, -0.05) is 154 Å². The molecular weight excluding hydrogens is 915 g/mol. The van der Waals surface area contributed by atoms with E-state index < -0.39 is 124 Å². The van der Waals surface area contributed by atoms with Crippen LogP contribution in [0.4, 0.5) is 0 Å². The van der Waals surface area contributed by atoms with Gasteiger partial charge >= 0.3 is 0 Å². The summed E-state index contributed by atoms with van der Waals surface area (Å²) in [6, 6.07) is -0.981. The van der Waals surface area contributed by atoms with Crippen LogP contribution in [0.3, 0.4) is 0 Å². The minimum absolute atomic E-state index is 0.238. The molecule has 1 amide bonds. The molecule has 0 spiro atoms. The monoisotopic (exact) mass is 1010 g/mol. The van der Waals surface area contributed by atoms with Gasteiger partial charge in [-0.15, -0.1) is 0 Å². The Morgan fingerprint density at radius 2 is 0.914 bits per heavy atom. The molecule has 3 aliphatic rings. The zero-order valence-corrected chi connectivity index (χ0v) is 42.0. The summed E-state index contributed by atoms with van der Waals surface area (Å²) in [5.41, 5.74) is 0. The number of hydrogen-bond acceptors (Lipinski definition) is 18. The third-order valence-electron chi connectivity index (χ3n) is 13.5. The van der Waals surface area contributed by atoms with Crippen molar-refractivity contribution in [1.29, 1.82) is 0 Å². The van der Waals surface area contributed by atoms with Gasteiger partial charge in [-0.05, 0) is 25.7 Å². The predicted octanol–water partition coefficient (Wildman–Crippen LogP) is 2.42. The molecule has 12 N–H and O–H groups in total. The summed E-state index contributed by atoms with van der Waals surface area (Å²) in [5, 5.41) is 119. The highest BCUT2D eigenvalue weighted by molar-refractivity contribution is 5.76. The lowest BCUT2D eigenvalue weighted by Crippen LogP contribution is -2.66. The predicted molar refractivity (Wildman–Crippen MR) is 259 cm³/mol. The van der Waals surface area contributed by atoms with Gasteiger partial charge in [-0.25, -0.2) is 0 Å². The first kappa shape index (κ1) is 62.6. The number of carbonyl (C=O) groups excluding carboxylic acids is 1. The number of carbonyl (C=O) groups is 1. The second kappa shape index (κ2) is 36.3. The first-order chi connectivity index (χ1) is 33.8. The van der Waals surface area contributed by atoms with Crippen molar-refractivity contribution in [2.45, 2.75) is 266 Å². The topological polar surface area (TPSA) is 307 Å². The molecular formula is C51H93NO18. The highest BCUT2D eigenvalue weighted by Crippen LogP contribution is 2.33. The van der Waals surface area contributed by atoms with Gasteiger partial charge in [0, 0.05) is 6.42 Å². The molecule has 19 nitrogen and oxygen atoms in total. The van der Waals surface area contributed by atoms with Crippen LogP contribution in [0.15, 0.2) is 24.3 Å². The number of aliphatic hydroxyl groups is 11. The Morgan fingerprint density at radius 1 is 0.500 bits per heavy atom. The average Bonchev–Trinajstić information content (AvgIpc) is 3.35. The van der Waals surface area contributed by atoms with Crippen molar-refractivity contribution in [2.24, 2.45) is 0 Å². The van der Waals surface area contributed by atoms with Crippen molar-refractivity contribution in [3.8, 4) is 0 Å². The fraction of sp³-hybridized carbons (Fsp3) is 0.902. The molecule has 0 bridgehead atoms. The van der Waals surface area contributed by atoms with Crippen LogP contribution in [0.2, 0.25) is 0 Å². The van der Waals surface area contributed by atoms with Gasteiger partial charge in [0.25, 0.3) is 0 Å². The lowest BCUT2D eigenvalue weighted by molar-refractivity contribution is -0.379. The van der Waals surface area contributed by atoms with E-state index >= 15 is 0 Å². The number of rotatable bonds is 37. The molecule has 410 valence electrons. The fourth-order valence-electron chi connectivity index (χ4n) is 9.04. The van der Waals surface area contributed by atoms with Crippen molar-refractivity contribution in [3.05, 3.63) is 24.3 Å². The number of ether oxygens (including phenoxy) is 6. The maximum atomic E-state index is 13.2. The molecule has 3 saturated heterocycles. The second-order valence-electron chi connectivity index (χ2n) is 19.3. The lowest BCUT2D eigenvalue weighted by Gasteiger charge is -2.48. The molecule has 19 heteroatoms. The van der Waals surface area contributed by atoms with Crippen molar-refractivity contribution in [3.63, 3.8) is 0 Å². The van der Waals surface area contributed by atoms with Crippen molar-refractivity contribution in [2.75, 3.05) is 26.4 Å². The molecule has 70 heavy (non-hydrogen) atoms. The zero-order valence-electron chi connectivity index (χ0n) is 42.0. The number of amides is 1. The first-order valence-electron chi connectivity index (χ1n) is 26.6. The molecule has 3 fully saturated rings. The molecule has 3 aliphatic heterocycles. The number of nitrogens with one attached hydrogen (secondary N) is 1. The molecule has 0 saturated carbocycles. The number of unbranched alkanes of at least 4 members (excludes halogenated alkanes) is 19. The lowest BCUT2D eigenvalue weighted by atomic mass is 9.96. The van der Waals surface area contributed by atoms with Crippen LogP contribution in [0.1, 0.15) is 162 Å². The van der Waals surface area contributed by atoms with E-state index in [1.165, 1.54) is 89.9 Å². The fourth-order valence-corrected chi connectivity index (χ4v) is 9.04. The van der Waals surface area contributed by atoms with Crippen molar-refractivity contribution in [1.82, 2.24) is 5.32 Å². The van der Waals surface area contributed by atoms with Crippen LogP contribution in [-0.4, -0.2) is 193 Å². The third-order valence-corrected chi connectivity index (χ3v) is 13.5. The number of allylic oxidation sites excluding steroid dienone is 3. The SMILES string of the molecule is CCC/C=C/CC/C=C/C(O)C(COC1OC(CO)C(OC2OC(CO)C(OC3OC(CO)C(O)C(O)C3O)C(O)C2O)C(O)C1O)NC(=O)CCCCCCCCCCCCCCCCCCCC. The largest absolute Gasteiger partial charge is 0.394 e. The average molecular weight is 1010 g/mol. The van der Waals surface area contributed by atoms with Crippen LogP contribution < -0.4 is 5.32 Å². The molecule has 0 aromatic heterocycles. The summed E-state index contributed by atoms with van der Waals surface area (Å²) in [5.74, 6) is -0.290. The van der Waals surface area contributed by atoms with Crippen LogP contribution >= 0.6 is 0 Å². The Labute approximate surface area is 416 Å². The molecule has 0 aromatic carbocycles. The van der Waals surface area contributed by atoms with Crippen LogP contribution in [0.5, 0.6) is 0 Å². The Hall–Kier alpha value is -1.73. The van der Waals surface area contributed by atoms with Crippen LogP contribution in [0.25, 0.3) is 0 Å². The van der Waals surface area contributed by atoms with Gasteiger partial charge in [0.05, 0.1) is 38.6 Å². The zero-order chi connectivity index (χ0) is 51.3. The van der Waals surface area contributed by atoms with E-state index in [0.29, 0.717) is 12.8 Å². The number of aliphatic hydroxyl groups excluding tert-OH is 11. The summed E-state index contributed by atoms with van der Waals surface area (Å²) in [4.78, 5) is 13.2. The van der Waals surface area contributed by atoms with E-state index in [-0.39, 0.29) is 18.9 Å². The first-order valence-corrected chi connectivity index (χ1v) is 26.6. The molecule has 0 aromatic rings. The van der Waals surface area contributed by atoms with Gasteiger partial charge < -0.3 is 89.9 Å². The van der Waals surface area contributed by atoms with Gasteiger partial charge in [0.15, 0.2) is 18.9 Å². The smallest absolute Gasteiger partial charge is 0.220 e. The van der Waals surface area contributed by atoms with Gasteiger partial charge in [-0.2, -0.15) is 0 Å². The van der Waals surface area contributed by atoms with E-state index in [2.05, 4.69) is 31.3 Å². The Kier molecular flexibility index (Phi) is 32.4. The van der Waals surface area contributed by atoms with Crippen LogP contribution in [0, 0.1) is 0 Å². The van der Waals surface area contributed by atoms with Crippen molar-refractivity contribution >= 4 is 5.91 Å². The van der Waals surface area contributed by atoms with Gasteiger partial charge in [0.1, 0.15) is 73.2 Å². The van der Waals surface area contributed by atoms with E-state index in [1.54, 1.807) is 12.2 Å². The van der Waals surface area contributed by atoms with Gasteiger partial charge in [0.2, 0.25) is 5.91 Å².